The molecule has 0 N–H and O–H groups in total. The Morgan fingerprint density at radius 2 is 2.06 bits per heavy atom. The van der Waals surface area contributed by atoms with Gasteiger partial charge in [0.05, 0.1) is 17.2 Å². The lowest BCUT2D eigenvalue weighted by Crippen LogP contribution is -2.10. The maximum Gasteiger partial charge on any atom is 0.389 e. The van der Waals surface area contributed by atoms with Gasteiger partial charge in [-0.05, 0) is 18.6 Å². The molecule has 0 aliphatic carbocycles. The van der Waals surface area contributed by atoms with Crippen LogP contribution in [0.2, 0.25) is 5.02 Å². The highest BCUT2D eigenvalue weighted by molar-refractivity contribution is 6.32. The molecule has 0 amide bonds. The van der Waals surface area contributed by atoms with E-state index >= 15 is 0 Å². The number of benzene rings is 1. The molecule has 0 heterocycles. The van der Waals surface area contributed by atoms with E-state index in [0.29, 0.717) is 6.29 Å². The van der Waals surface area contributed by atoms with Crippen LogP contribution in [0.5, 0.6) is 5.75 Å². The van der Waals surface area contributed by atoms with Gasteiger partial charge in [0.25, 0.3) is 0 Å². The Morgan fingerprint density at radius 3 is 2.65 bits per heavy atom. The molecule has 0 unspecified atom stereocenters. The molecule has 94 valence electrons. The highest BCUT2D eigenvalue weighted by atomic mass is 35.5. The minimum Gasteiger partial charge on any atom is -0.491 e. The van der Waals surface area contributed by atoms with E-state index in [2.05, 4.69) is 0 Å². The van der Waals surface area contributed by atoms with Crippen LogP contribution in [-0.2, 0) is 0 Å². The number of rotatable bonds is 5. The van der Waals surface area contributed by atoms with Crippen molar-refractivity contribution in [3.8, 4) is 5.75 Å². The predicted octanol–water partition coefficient (Wildman–Crippen LogP) is 3.87. The van der Waals surface area contributed by atoms with Crippen molar-refractivity contribution in [2.24, 2.45) is 0 Å². The molecule has 0 bridgehead atoms. The molecule has 0 fully saturated rings. The fourth-order valence-corrected chi connectivity index (χ4v) is 1.45. The van der Waals surface area contributed by atoms with Crippen LogP contribution in [0.3, 0.4) is 0 Å². The maximum absolute atomic E-state index is 11.9. The van der Waals surface area contributed by atoms with Crippen LogP contribution < -0.4 is 4.74 Å². The third-order valence-electron chi connectivity index (χ3n) is 1.98. The summed E-state index contributed by atoms with van der Waals surface area (Å²) in [5, 5.41) is 0.210. The molecule has 1 rings (SSSR count). The average Bonchev–Trinajstić information content (AvgIpc) is 2.24. The molecule has 6 heteroatoms. The van der Waals surface area contributed by atoms with Gasteiger partial charge in [0, 0.05) is 6.42 Å². The number of aldehydes is 1. The monoisotopic (exact) mass is 266 g/mol. The van der Waals surface area contributed by atoms with Crippen molar-refractivity contribution in [1.29, 1.82) is 0 Å². The van der Waals surface area contributed by atoms with Crippen molar-refractivity contribution in [3.05, 3.63) is 28.8 Å². The van der Waals surface area contributed by atoms with E-state index in [1.807, 2.05) is 0 Å². The SMILES string of the molecule is O=Cc1cccc(Cl)c1OCCCC(F)(F)F. The third kappa shape index (κ3) is 4.65. The molecule has 0 atom stereocenters. The third-order valence-corrected chi connectivity index (χ3v) is 2.27. The second-order valence-electron chi connectivity index (χ2n) is 3.34. The molecule has 0 radical (unpaired) electrons. The molecular formula is C11H10ClF3O2. The van der Waals surface area contributed by atoms with Gasteiger partial charge in [-0.25, -0.2) is 0 Å². The average molecular weight is 267 g/mol. The molecule has 1 aromatic carbocycles. The van der Waals surface area contributed by atoms with Crippen LogP contribution in [0.4, 0.5) is 13.2 Å². The number of carbonyl (C=O) groups excluding carboxylic acids is 1. The molecule has 0 spiro atoms. The van der Waals surface area contributed by atoms with Gasteiger partial charge < -0.3 is 4.74 Å². The number of alkyl halides is 3. The number of para-hydroxylation sites is 1. The summed E-state index contributed by atoms with van der Waals surface area (Å²) in [6, 6.07) is 4.56. The van der Waals surface area contributed by atoms with Crippen molar-refractivity contribution >= 4 is 17.9 Å². The zero-order valence-corrected chi connectivity index (χ0v) is 9.52. The second-order valence-corrected chi connectivity index (χ2v) is 3.75. The smallest absolute Gasteiger partial charge is 0.389 e. The van der Waals surface area contributed by atoms with E-state index in [0.717, 1.165) is 0 Å². The van der Waals surface area contributed by atoms with Gasteiger partial charge in [0.15, 0.2) is 6.29 Å². The lowest BCUT2D eigenvalue weighted by molar-refractivity contribution is -0.136. The molecular weight excluding hydrogens is 257 g/mol. The van der Waals surface area contributed by atoms with Gasteiger partial charge in [0.2, 0.25) is 0 Å². The largest absolute Gasteiger partial charge is 0.491 e. The van der Waals surface area contributed by atoms with E-state index in [1.165, 1.54) is 12.1 Å². The molecule has 2 nitrogen and oxygen atoms in total. The first-order valence-electron chi connectivity index (χ1n) is 4.87. The number of ether oxygens (including phenoxy) is 1. The van der Waals surface area contributed by atoms with Crippen molar-refractivity contribution in [2.75, 3.05) is 6.61 Å². The minimum atomic E-state index is -4.20. The van der Waals surface area contributed by atoms with Gasteiger partial charge in [-0.15, -0.1) is 0 Å². The Labute approximate surface area is 101 Å². The molecule has 0 aliphatic heterocycles. The van der Waals surface area contributed by atoms with Crippen LogP contribution in [0, 0.1) is 0 Å². The summed E-state index contributed by atoms with van der Waals surface area (Å²) in [7, 11) is 0. The first-order chi connectivity index (χ1) is 7.94. The number of hydrogen-bond acceptors (Lipinski definition) is 2. The lowest BCUT2D eigenvalue weighted by atomic mass is 10.2. The Balaban J connectivity index is 2.54. The fourth-order valence-electron chi connectivity index (χ4n) is 1.22. The molecule has 0 aromatic heterocycles. The standard InChI is InChI=1S/C11H10ClF3O2/c12-9-4-1-3-8(7-16)10(9)17-6-2-5-11(13,14)15/h1,3-4,7H,2,5-6H2. The minimum absolute atomic E-state index is 0.131. The summed E-state index contributed by atoms with van der Waals surface area (Å²) in [5.74, 6) is 0.131. The molecule has 17 heavy (non-hydrogen) atoms. The van der Waals surface area contributed by atoms with E-state index < -0.39 is 12.6 Å². The van der Waals surface area contributed by atoms with Crippen molar-refractivity contribution in [1.82, 2.24) is 0 Å². The molecule has 0 aliphatic rings. The summed E-state index contributed by atoms with van der Waals surface area (Å²) in [6.07, 6.45) is -4.75. The van der Waals surface area contributed by atoms with Crippen LogP contribution >= 0.6 is 11.6 Å². The first kappa shape index (κ1) is 13.8. The fraction of sp³-hybridized carbons (Fsp3) is 0.364. The van der Waals surface area contributed by atoms with E-state index in [1.54, 1.807) is 6.07 Å². The zero-order valence-electron chi connectivity index (χ0n) is 8.76. The number of halogens is 4. The van der Waals surface area contributed by atoms with Gasteiger partial charge in [-0.1, -0.05) is 17.7 Å². The van der Waals surface area contributed by atoms with E-state index in [4.69, 9.17) is 16.3 Å². The van der Waals surface area contributed by atoms with Gasteiger partial charge >= 0.3 is 6.18 Å². The summed E-state index contributed by atoms with van der Waals surface area (Å²) < 4.78 is 40.7. The lowest BCUT2D eigenvalue weighted by Gasteiger charge is -2.10. The Morgan fingerprint density at radius 1 is 1.35 bits per heavy atom. The van der Waals surface area contributed by atoms with Gasteiger partial charge in [0.1, 0.15) is 5.75 Å². The Hall–Kier alpha value is -1.23. The second kappa shape index (κ2) is 5.91. The Kier molecular flexibility index (Phi) is 4.81. The predicted molar refractivity (Wildman–Crippen MR) is 57.6 cm³/mol. The van der Waals surface area contributed by atoms with Crippen LogP contribution in [0.15, 0.2) is 18.2 Å². The molecule has 1 aromatic rings. The number of carbonyl (C=O) groups is 1. The summed E-state index contributed by atoms with van der Waals surface area (Å²) in [6.45, 7) is -0.135. The van der Waals surface area contributed by atoms with E-state index in [9.17, 15) is 18.0 Å². The topological polar surface area (TPSA) is 26.3 Å². The summed E-state index contributed by atoms with van der Waals surface area (Å²) in [5.41, 5.74) is 0.226. The first-order valence-corrected chi connectivity index (χ1v) is 5.25. The number of hydrogen-bond donors (Lipinski definition) is 0. The van der Waals surface area contributed by atoms with Crippen LogP contribution in [0.25, 0.3) is 0 Å². The quantitative estimate of drug-likeness (QED) is 0.597. The Bertz CT molecular complexity index is 391. The van der Waals surface area contributed by atoms with Crippen molar-refractivity contribution in [2.45, 2.75) is 19.0 Å². The van der Waals surface area contributed by atoms with Gasteiger partial charge in [-0.2, -0.15) is 13.2 Å². The van der Waals surface area contributed by atoms with Crippen LogP contribution in [0.1, 0.15) is 23.2 Å². The molecule has 0 saturated heterocycles. The zero-order chi connectivity index (χ0) is 12.9. The molecule has 0 saturated carbocycles. The van der Waals surface area contributed by atoms with E-state index in [-0.39, 0.29) is 29.4 Å². The van der Waals surface area contributed by atoms with Crippen molar-refractivity contribution in [3.63, 3.8) is 0 Å². The highest BCUT2D eigenvalue weighted by Crippen LogP contribution is 2.28. The normalized spacial score (nSPS) is 11.3. The summed E-state index contributed by atoms with van der Waals surface area (Å²) in [4.78, 5) is 10.7. The summed E-state index contributed by atoms with van der Waals surface area (Å²) >= 11 is 5.77. The van der Waals surface area contributed by atoms with Gasteiger partial charge in [-0.3, -0.25) is 4.79 Å². The maximum atomic E-state index is 11.9. The van der Waals surface area contributed by atoms with Crippen LogP contribution in [-0.4, -0.2) is 19.1 Å². The van der Waals surface area contributed by atoms with Crippen molar-refractivity contribution < 1.29 is 22.7 Å². The highest BCUT2D eigenvalue weighted by Gasteiger charge is 2.26.